The monoisotopic (exact) mass is 280 g/mol. The molecule has 0 bridgehead atoms. The number of hydrogen-bond acceptors (Lipinski definition) is 7. The van der Waals surface area contributed by atoms with Crippen LogP contribution in [-0.2, 0) is 0 Å². The normalized spacial score (nSPS) is 32.5. The Kier molecular flexibility index (Phi) is 3.30. The Hall–Kier alpha value is -1.74. The molecule has 3 rings (SSSR count). The van der Waals surface area contributed by atoms with Gasteiger partial charge in [-0.25, -0.2) is 4.98 Å². The highest BCUT2D eigenvalue weighted by Crippen LogP contribution is 2.34. The summed E-state index contributed by atoms with van der Waals surface area (Å²) in [6.07, 6.45) is 1.55. The topological polar surface area (TPSA) is 123 Å². The molecule has 1 aliphatic heterocycles. The minimum atomic E-state index is -1.10. The fourth-order valence-corrected chi connectivity index (χ4v) is 2.55. The minimum Gasteiger partial charge on any atom is -0.392 e. The second kappa shape index (κ2) is 4.98. The van der Waals surface area contributed by atoms with E-state index in [0.29, 0.717) is 17.1 Å². The molecule has 108 valence electrons. The predicted octanol–water partition coefficient (Wildman–Crippen LogP) is -1.43. The number of nitrogens with one attached hydrogen (secondary N) is 1. The minimum absolute atomic E-state index is 0.213. The second-order valence-corrected chi connectivity index (χ2v) is 4.87. The van der Waals surface area contributed by atoms with Gasteiger partial charge in [-0.1, -0.05) is 6.08 Å². The van der Waals surface area contributed by atoms with Crippen molar-refractivity contribution in [2.45, 2.75) is 24.4 Å². The summed E-state index contributed by atoms with van der Waals surface area (Å²) in [6.45, 7) is -0.103. The first-order valence-corrected chi connectivity index (χ1v) is 6.30. The van der Waals surface area contributed by atoms with Crippen LogP contribution in [0.1, 0.15) is 17.8 Å². The molecule has 1 aromatic rings. The van der Waals surface area contributed by atoms with Gasteiger partial charge in [0.15, 0.2) is 0 Å². The van der Waals surface area contributed by atoms with Gasteiger partial charge < -0.3 is 30.3 Å². The molecular weight excluding hydrogens is 264 g/mol. The molecule has 0 fully saturated rings. The van der Waals surface area contributed by atoms with Crippen LogP contribution in [0.15, 0.2) is 23.0 Å². The Labute approximate surface area is 114 Å². The number of fused-ring (bicyclic) bond motifs is 1. The van der Waals surface area contributed by atoms with E-state index in [1.807, 2.05) is 0 Å². The van der Waals surface area contributed by atoms with Crippen LogP contribution in [0.5, 0.6) is 0 Å². The van der Waals surface area contributed by atoms with Crippen molar-refractivity contribution in [1.82, 2.24) is 9.55 Å². The van der Waals surface area contributed by atoms with Crippen LogP contribution in [0.2, 0.25) is 0 Å². The molecule has 20 heavy (non-hydrogen) atoms. The van der Waals surface area contributed by atoms with Crippen LogP contribution in [0.4, 0.5) is 5.82 Å². The number of aliphatic imine (C=N–C) groups is 1. The number of aliphatic hydroxyl groups excluding tert-OH is 4. The lowest BCUT2D eigenvalue weighted by Gasteiger charge is -2.20. The van der Waals surface area contributed by atoms with Gasteiger partial charge in [-0.05, 0) is 5.57 Å². The van der Waals surface area contributed by atoms with E-state index >= 15 is 0 Å². The van der Waals surface area contributed by atoms with E-state index in [4.69, 9.17) is 5.11 Å². The highest BCUT2D eigenvalue weighted by molar-refractivity contribution is 5.76. The number of anilines is 1. The number of aromatic nitrogens is 2. The van der Waals surface area contributed by atoms with E-state index in [9.17, 15) is 15.3 Å². The number of aliphatic hydroxyl groups is 4. The first kappa shape index (κ1) is 13.3. The number of nitrogens with zero attached hydrogens (tertiary/aromatic N) is 3. The summed E-state index contributed by atoms with van der Waals surface area (Å²) in [6, 6.07) is -0.561. The van der Waals surface area contributed by atoms with Crippen LogP contribution in [0.25, 0.3) is 0 Å². The van der Waals surface area contributed by atoms with Gasteiger partial charge in [0.05, 0.1) is 31.9 Å². The van der Waals surface area contributed by atoms with Gasteiger partial charge in [-0.15, -0.1) is 0 Å². The molecule has 0 aromatic carbocycles. The second-order valence-electron chi connectivity index (χ2n) is 4.87. The lowest BCUT2D eigenvalue weighted by atomic mass is 10.1. The maximum absolute atomic E-state index is 10.1. The van der Waals surface area contributed by atoms with Crippen molar-refractivity contribution < 1.29 is 20.4 Å². The summed E-state index contributed by atoms with van der Waals surface area (Å²) in [4.78, 5) is 8.10. The number of hydrogen-bond donors (Lipinski definition) is 5. The zero-order valence-corrected chi connectivity index (χ0v) is 10.6. The van der Waals surface area contributed by atoms with Gasteiger partial charge in [0.2, 0.25) is 0 Å². The molecule has 1 aliphatic carbocycles. The molecule has 0 spiro atoms. The smallest absolute Gasteiger partial charge is 0.137 e. The van der Waals surface area contributed by atoms with Gasteiger partial charge in [0, 0.05) is 0 Å². The third-order valence-electron chi connectivity index (χ3n) is 3.65. The Morgan fingerprint density at radius 3 is 2.85 bits per heavy atom. The highest BCUT2D eigenvalue weighted by atomic mass is 16.3. The van der Waals surface area contributed by atoms with Crippen molar-refractivity contribution in [2.24, 2.45) is 4.99 Å². The largest absolute Gasteiger partial charge is 0.392 e. The van der Waals surface area contributed by atoms with Gasteiger partial charge in [-0.2, -0.15) is 0 Å². The van der Waals surface area contributed by atoms with E-state index in [1.165, 1.54) is 12.7 Å². The van der Waals surface area contributed by atoms with Crippen LogP contribution in [0, 0.1) is 0 Å². The summed E-state index contributed by atoms with van der Waals surface area (Å²) in [5.41, 5.74) is 0.808. The molecule has 0 radical (unpaired) electrons. The van der Waals surface area contributed by atoms with Crippen LogP contribution < -0.4 is 5.32 Å². The highest BCUT2D eigenvalue weighted by Gasteiger charge is 2.37. The zero-order valence-electron chi connectivity index (χ0n) is 10.6. The lowest BCUT2D eigenvalue weighted by molar-refractivity contribution is 0.0284. The molecule has 1 aromatic heterocycles. The van der Waals surface area contributed by atoms with Crippen LogP contribution in [0.3, 0.4) is 0 Å². The summed E-state index contributed by atoms with van der Waals surface area (Å²) in [5, 5.41) is 41.9. The molecule has 2 aliphatic rings. The molecule has 0 saturated carbocycles. The summed E-state index contributed by atoms with van der Waals surface area (Å²) in [5.74, 6) is 0.519. The van der Waals surface area contributed by atoms with Crippen LogP contribution in [-0.4, -0.2) is 61.7 Å². The Morgan fingerprint density at radius 2 is 2.15 bits per heavy atom. The fraction of sp³-hybridized carbons (Fsp3) is 0.500. The van der Waals surface area contributed by atoms with E-state index in [2.05, 4.69) is 15.3 Å². The molecule has 4 atom stereocenters. The zero-order chi connectivity index (χ0) is 14.3. The SMILES string of the molecule is OCC1=CC(n2cnc3c2NC=NC[C@H]3O)C(O)C1O. The Balaban J connectivity index is 2.00. The third kappa shape index (κ3) is 1.93. The lowest BCUT2D eigenvalue weighted by Crippen LogP contribution is -2.30. The predicted molar refractivity (Wildman–Crippen MR) is 70.4 cm³/mol. The van der Waals surface area contributed by atoms with Gasteiger partial charge >= 0.3 is 0 Å². The molecule has 8 heteroatoms. The third-order valence-corrected chi connectivity index (χ3v) is 3.65. The van der Waals surface area contributed by atoms with E-state index in [1.54, 1.807) is 10.6 Å². The Morgan fingerprint density at radius 1 is 1.35 bits per heavy atom. The first-order valence-electron chi connectivity index (χ1n) is 6.30. The van der Waals surface area contributed by atoms with Crippen molar-refractivity contribution in [3.63, 3.8) is 0 Å². The summed E-state index contributed by atoms with van der Waals surface area (Å²) in [7, 11) is 0. The van der Waals surface area contributed by atoms with Crippen molar-refractivity contribution in [3.8, 4) is 0 Å². The summed E-state index contributed by atoms with van der Waals surface area (Å²) < 4.78 is 1.62. The molecule has 5 N–H and O–H groups in total. The number of imidazole rings is 1. The molecule has 3 unspecified atom stereocenters. The standard InChI is InChI=1S/C12H16N4O4/c17-3-6-1-7(11(20)10(6)19)16-5-15-9-8(18)2-13-4-14-12(9)16/h1,4-5,7-8,10-11,17-20H,2-3H2,(H,13,14)/t7?,8-,10?,11?/m1/s1. The molecule has 0 amide bonds. The molecule has 8 nitrogen and oxygen atoms in total. The van der Waals surface area contributed by atoms with Gasteiger partial charge in [-0.3, -0.25) is 4.99 Å². The van der Waals surface area contributed by atoms with E-state index < -0.39 is 24.4 Å². The maximum atomic E-state index is 10.1. The van der Waals surface area contributed by atoms with Crippen molar-refractivity contribution >= 4 is 12.2 Å². The van der Waals surface area contributed by atoms with Crippen LogP contribution >= 0.6 is 0 Å². The average molecular weight is 280 g/mol. The van der Waals surface area contributed by atoms with Gasteiger partial charge in [0.25, 0.3) is 0 Å². The first-order chi connectivity index (χ1) is 9.63. The molecule has 2 heterocycles. The van der Waals surface area contributed by atoms with E-state index in [0.717, 1.165) is 0 Å². The molecule has 0 saturated heterocycles. The van der Waals surface area contributed by atoms with Gasteiger partial charge in [0.1, 0.15) is 29.8 Å². The van der Waals surface area contributed by atoms with E-state index in [-0.39, 0.29) is 13.2 Å². The van der Waals surface area contributed by atoms with Crippen molar-refractivity contribution in [3.05, 3.63) is 23.7 Å². The number of rotatable bonds is 2. The average Bonchev–Trinajstić information content (AvgIpc) is 2.92. The van der Waals surface area contributed by atoms with Crippen molar-refractivity contribution in [1.29, 1.82) is 0 Å². The fourth-order valence-electron chi connectivity index (χ4n) is 2.55. The Bertz CT molecular complexity index is 568. The quantitative estimate of drug-likeness (QED) is 0.423. The molecular formula is C12H16N4O4. The van der Waals surface area contributed by atoms with Crippen molar-refractivity contribution in [2.75, 3.05) is 18.5 Å². The summed E-state index contributed by atoms with van der Waals surface area (Å²) >= 11 is 0. The maximum Gasteiger partial charge on any atom is 0.137 e.